The first-order chi connectivity index (χ1) is 9.39. The van der Waals surface area contributed by atoms with Crippen LogP contribution in [-0.2, 0) is 18.3 Å². The van der Waals surface area contributed by atoms with Gasteiger partial charge < -0.3 is 15.4 Å². The zero-order valence-corrected chi connectivity index (χ0v) is 11.9. The standard InChI is InChI=1S/C9H12N3O6PS/c10-6-1-2-12(8(13)11-6)7-3-20-9(18-7)4-16-19(14,15)17-5-9/h1-2,7H,3-5H2,(H,14,15)(H2,10,11,13)/t7-/m1/s1. The van der Waals surface area contributed by atoms with Crippen molar-refractivity contribution in [2.45, 2.75) is 11.2 Å². The molecule has 1 spiro atoms. The monoisotopic (exact) mass is 321 g/mol. The minimum Gasteiger partial charge on any atom is -0.383 e. The van der Waals surface area contributed by atoms with Gasteiger partial charge >= 0.3 is 13.5 Å². The highest BCUT2D eigenvalue weighted by atomic mass is 32.2. The average Bonchev–Trinajstić information content (AvgIpc) is 2.78. The summed E-state index contributed by atoms with van der Waals surface area (Å²) in [7, 11) is -3.96. The van der Waals surface area contributed by atoms with Crippen LogP contribution in [-0.4, -0.2) is 38.3 Å². The van der Waals surface area contributed by atoms with E-state index < -0.39 is 24.7 Å². The number of aromatic nitrogens is 2. The second-order valence-electron chi connectivity index (χ2n) is 4.35. The molecule has 2 aliphatic rings. The molecule has 9 nitrogen and oxygen atoms in total. The van der Waals surface area contributed by atoms with Crippen LogP contribution in [0, 0.1) is 0 Å². The third-order valence-electron chi connectivity index (χ3n) is 2.90. The number of hydrogen-bond donors (Lipinski definition) is 2. The Morgan fingerprint density at radius 1 is 1.55 bits per heavy atom. The number of nitrogen functional groups attached to an aromatic ring is 1. The summed E-state index contributed by atoms with van der Waals surface area (Å²) >= 11 is 1.36. The van der Waals surface area contributed by atoms with E-state index in [1.165, 1.54) is 28.6 Å². The van der Waals surface area contributed by atoms with Gasteiger partial charge in [-0.15, -0.1) is 11.8 Å². The third-order valence-corrected chi connectivity index (χ3v) is 5.12. The number of hydrogen-bond acceptors (Lipinski definition) is 8. The van der Waals surface area contributed by atoms with Crippen LogP contribution in [0.15, 0.2) is 17.1 Å². The lowest BCUT2D eigenvalue weighted by Crippen LogP contribution is -2.40. The van der Waals surface area contributed by atoms with E-state index in [4.69, 9.17) is 24.4 Å². The Kier molecular flexibility index (Phi) is 3.39. The molecule has 0 bridgehead atoms. The Balaban J connectivity index is 1.77. The smallest absolute Gasteiger partial charge is 0.383 e. The Bertz CT molecular complexity index is 624. The number of nitrogens with zero attached hydrogens (tertiary/aromatic N) is 2. The number of rotatable bonds is 1. The van der Waals surface area contributed by atoms with Crippen LogP contribution in [0.4, 0.5) is 5.82 Å². The molecule has 3 rings (SSSR count). The Morgan fingerprint density at radius 2 is 2.25 bits per heavy atom. The van der Waals surface area contributed by atoms with Gasteiger partial charge in [-0.3, -0.25) is 13.6 Å². The Hall–Kier alpha value is -0.900. The van der Waals surface area contributed by atoms with Gasteiger partial charge in [0, 0.05) is 11.9 Å². The normalized spacial score (nSPS) is 37.4. The predicted octanol–water partition coefficient (Wildman–Crippen LogP) is -0.0690. The van der Waals surface area contributed by atoms with Gasteiger partial charge in [0.1, 0.15) is 12.0 Å². The summed E-state index contributed by atoms with van der Waals surface area (Å²) < 4.78 is 27.8. The van der Waals surface area contributed by atoms with E-state index in [1.54, 1.807) is 0 Å². The van der Waals surface area contributed by atoms with Crippen LogP contribution in [0.2, 0.25) is 0 Å². The molecule has 20 heavy (non-hydrogen) atoms. The van der Waals surface area contributed by atoms with E-state index >= 15 is 0 Å². The first-order valence-electron chi connectivity index (χ1n) is 5.68. The van der Waals surface area contributed by atoms with Crippen LogP contribution in [0.3, 0.4) is 0 Å². The molecule has 2 saturated heterocycles. The lowest BCUT2D eigenvalue weighted by molar-refractivity contribution is -0.109. The molecule has 0 radical (unpaired) electrons. The highest BCUT2D eigenvalue weighted by Crippen LogP contribution is 2.54. The van der Waals surface area contributed by atoms with Crippen molar-refractivity contribution in [2.24, 2.45) is 0 Å². The molecule has 3 N–H and O–H groups in total. The fourth-order valence-electron chi connectivity index (χ4n) is 1.91. The molecule has 2 fully saturated rings. The Morgan fingerprint density at radius 3 is 2.90 bits per heavy atom. The van der Waals surface area contributed by atoms with Gasteiger partial charge in [-0.25, -0.2) is 9.36 Å². The molecule has 11 heteroatoms. The summed E-state index contributed by atoms with van der Waals surface area (Å²) in [5, 5.41) is 0. The topological polar surface area (TPSA) is 126 Å². The van der Waals surface area contributed by atoms with E-state index in [-0.39, 0.29) is 19.0 Å². The largest absolute Gasteiger partial charge is 0.472 e. The predicted molar refractivity (Wildman–Crippen MR) is 69.9 cm³/mol. The van der Waals surface area contributed by atoms with E-state index in [0.717, 1.165) is 0 Å². The number of phosphoric ester groups is 1. The molecular formula is C9H12N3O6PS. The minimum absolute atomic E-state index is 0.0842. The van der Waals surface area contributed by atoms with Gasteiger partial charge in [0.15, 0.2) is 4.93 Å². The van der Waals surface area contributed by atoms with Gasteiger partial charge in [0.25, 0.3) is 0 Å². The third kappa shape index (κ3) is 2.62. The molecule has 0 amide bonds. The van der Waals surface area contributed by atoms with Crippen LogP contribution in [0.25, 0.3) is 0 Å². The average molecular weight is 321 g/mol. The lowest BCUT2D eigenvalue weighted by atomic mass is 10.4. The quantitative estimate of drug-likeness (QED) is 0.683. The fraction of sp³-hybridized carbons (Fsp3) is 0.556. The second kappa shape index (κ2) is 4.83. The van der Waals surface area contributed by atoms with E-state index in [2.05, 4.69) is 4.98 Å². The zero-order chi connectivity index (χ0) is 14.4. The fourth-order valence-corrected chi connectivity index (χ4v) is 4.04. The van der Waals surface area contributed by atoms with Crippen molar-refractivity contribution in [1.82, 2.24) is 9.55 Å². The first-order valence-corrected chi connectivity index (χ1v) is 8.16. The highest BCUT2D eigenvalue weighted by Gasteiger charge is 2.49. The molecule has 3 heterocycles. The maximum absolute atomic E-state index is 11.7. The van der Waals surface area contributed by atoms with Crippen molar-refractivity contribution in [2.75, 3.05) is 24.7 Å². The maximum atomic E-state index is 11.7. The number of phosphoric acid groups is 1. The van der Waals surface area contributed by atoms with E-state index in [0.29, 0.717) is 5.75 Å². The van der Waals surface area contributed by atoms with Crippen molar-refractivity contribution in [3.05, 3.63) is 22.7 Å². The molecule has 0 saturated carbocycles. The van der Waals surface area contributed by atoms with Gasteiger partial charge in [-0.1, -0.05) is 0 Å². The minimum atomic E-state index is -3.96. The number of ether oxygens (including phenoxy) is 1. The van der Waals surface area contributed by atoms with Crippen molar-refractivity contribution in [1.29, 1.82) is 0 Å². The first kappa shape index (κ1) is 14.1. The lowest BCUT2D eigenvalue weighted by Gasteiger charge is -2.33. The summed E-state index contributed by atoms with van der Waals surface area (Å²) in [4.78, 5) is 23.6. The zero-order valence-electron chi connectivity index (χ0n) is 10.2. The summed E-state index contributed by atoms with van der Waals surface area (Å²) in [5.41, 5.74) is 4.91. The molecule has 1 atom stereocenters. The van der Waals surface area contributed by atoms with Crippen molar-refractivity contribution in [3.8, 4) is 0 Å². The maximum Gasteiger partial charge on any atom is 0.472 e. The molecular weight excluding hydrogens is 309 g/mol. The van der Waals surface area contributed by atoms with Crippen LogP contribution >= 0.6 is 19.6 Å². The van der Waals surface area contributed by atoms with Gasteiger partial charge in [0.2, 0.25) is 0 Å². The van der Waals surface area contributed by atoms with Crippen LogP contribution in [0.5, 0.6) is 0 Å². The van der Waals surface area contributed by atoms with E-state index in [9.17, 15) is 9.36 Å². The van der Waals surface area contributed by atoms with Crippen molar-refractivity contribution >= 4 is 25.4 Å². The van der Waals surface area contributed by atoms with Gasteiger partial charge in [0.05, 0.1) is 13.2 Å². The second-order valence-corrected chi connectivity index (χ2v) is 7.17. The van der Waals surface area contributed by atoms with Crippen LogP contribution in [0.1, 0.15) is 6.23 Å². The highest BCUT2D eigenvalue weighted by molar-refractivity contribution is 8.00. The van der Waals surface area contributed by atoms with Crippen LogP contribution < -0.4 is 11.4 Å². The summed E-state index contributed by atoms with van der Waals surface area (Å²) in [5.74, 6) is 0.602. The SMILES string of the molecule is Nc1ccn([C@H]2CSC3(COP(=O)(O)OC3)O2)c(=O)n1. The van der Waals surface area contributed by atoms with Gasteiger partial charge in [-0.2, -0.15) is 4.98 Å². The summed E-state index contributed by atoms with van der Waals surface area (Å²) in [6.45, 7) is -0.168. The molecule has 0 aliphatic carbocycles. The van der Waals surface area contributed by atoms with E-state index in [1.807, 2.05) is 0 Å². The molecule has 0 unspecified atom stereocenters. The number of nitrogens with two attached hydrogens (primary N) is 1. The van der Waals surface area contributed by atoms with Gasteiger partial charge in [-0.05, 0) is 6.07 Å². The van der Waals surface area contributed by atoms with Crippen molar-refractivity contribution in [3.63, 3.8) is 0 Å². The molecule has 110 valence electrons. The Labute approximate surface area is 117 Å². The molecule has 1 aromatic rings. The molecule has 1 aromatic heterocycles. The number of thioether (sulfide) groups is 1. The van der Waals surface area contributed by atoms with Crippen molar-refractivity contribution < 1.29 is 23.2 Å². The molecule has 2 aliphatic heterocycles. The number of anilines is 1. The summed E-state index contributed by atoms with van der Waals surface area (Å²) in [6, 6.07) is 1.50. The molecule has 0 aromatic carbocycles. The summed E-state index contributed by atoms with van der Waals surface area (Å²) in [6.07, 6.45) is 0.945.